The molecule has 2 aliphatic rings. The average molecular weight is 412 g/mol. The zero-order valence-electron chi connectivity index (χ0n) is 18.5. The molecule has 2 aromatic rings. The zero-order valence-corrected chi connectivity index (χ0v) is 18.5. The van der Waals surface area contributed by atoms with Crippen LogP contribution in [0.25, 0.3) is 10.9 Å². The van der Waals surface area contributed by atoms with Gasteiger partial charge in [0.25, 0.3) is 0 Å². The summed E-state index contributed by atoms with van der Waals surface area (Å²) in [6.45, 7) is 6.62. The third kappa shape index (κ3) is 5.09. The second-order valence-electron chi connectivity index (χ2n) is 9.38. The van der Waals surface area contributed by atoms with Crippen LogP contribution in [0.5, 0.6) is 0 Å². The molecular weight excluding hydrogens is 374 g/mol. The van der Waals surface area contributed by atoms with Crippen LogP contribution in [0.3, 0.4) is 0 Å². The molecule has 4 rings (SSSR count). The van der Waals surface area contributed by atoms with Crippen molar-refractivity contribution in [2.75, 3.05) is 18.4 Å². The first kappa shape index (κ1) is 21.4. The Morgan fingerprint density at radius 1 is 1.10 bits per heavy atom. The second kappa shape index (κ2) is 10.0. The molecule has 1 saturated heterocycles. The molecule has 1 aliphatic heterocycles. The minimum atomic E-state index is -0.151. The van der Waals surface area contributed by atoms with Gasteiger partial charge in [0.2, 0.25) is 0 Å². The van der Waals surface area contributed by atoms with E-state index in [1.54, 1.807) is 0 Å². The Morgan fingerprint density at radius 3 is 2.60 bits per heavy atom. The van der Waals surface area contributed by atoms with Crippen LogP contribution in [0.1, 0.15) is 82.5 Å². The molecule has 164 valence electrons. The van der Waals surface area contributed by atoms with E-state index in [9.17, 15) is 5.11 Å². The smallest absolute Gasteiger partial charge is 0.137 e. The van der Waals surface area contributed by atoms with Crippen molar-refractivity contribution in [1.82, 2.24) is 20.3 Å². The van der Waals surface area contributed by atoms with E-state index in [4.69, 9.17) is 15.0 Å². The maximum absolute atomic E-state index is 9.95. The number of aromatic nitrogens is 3. The third-order valence-corrected chi connectivity index (χ3v) is 6.83. The van der Waals surface area contributed by atoms with Gasteiger partial charge in [0.15, 0.2) is 0 Å². The van der Waals surface area contributed by atoms with E-state index in [1.807, 2.05) is 12.4 Å². The fourth-order valence-corrected chi connectivity index (χ4v) is 5.04. The lowest BCUT2D eigenvalue weighted by Gasteiger charge is -2.28. The van der Waals surface area contributed by atoms with Crippen LogP contribution >= 0.6 is 0 Å². The van der Waals surface area contributed by atoms with Crippen molar-refractivity contribution in [3.63, 3.8) is 0 Å². The van der Waals surface area contributed by atoms with Gasteiger partial charge in [0.1, 0.15) is 11.6 Å². The molecule has 30 heavy (non-hydrogen) atoms. The summed E-state index contributed by atoms with van der Waals surface area (Å²) in [6.07, 6.45) is 13.2. The highest BCUT2D eigenvalue weighted by molar-refractivity contribution is 5.91. The predicted molar refractivity (Wildman–Crippen MR) is 122 cm³/mol. The first-order valence-electron chi connectivity index (χ1n) is 11.9. The average Bonchev–Trinajstić information content (AvgIpc) is 2.75. The molecule has 0 aromatic carbocycles. The second-order valence-corrected chi connectivity index (χ2v) is 9.38. The minimum Gasteiger partial charge on any atom is -0.393 e. The van der Waals surface area contributed by atoms with Crippen molar-refractivity contribution in [3.8, 4) is 0 Å². The molecule has 0 radical (unpaired) electrons. The van der Waals surface area contributed by atoms with Gasteiger partial charge in [-0.2, -0.15) is 0 Å². The third-order valence-electron chi connectivity index (χ3n) is 6.83. The summed E-state index contributed by atoms with van der Waals surface area (Å²) >= 11 is 0. The number of hydrogen-bond donors (Lipinski definition) is 3. The largest absolute Gasteiger partial charge is 0.393 e. The molecule has 1 atom stereocenters. The van der Waals surface area contributed by atoms with Crippen molar-refractivity contribution in [3.05, 3.63) is 23.8 Å². The fraction of sp³-hybridized carbons (Fsp3) is 0.708. The zero-order chi connectivity index (χ0) is 20.9. The van der Waals surface area contributed by atoms with Crippen LogP contribution < -0.4 is 10.6 Å². The molecule has 2 fully saturated rings. The number of aliphatic hydroxyl groups is 1. The van der Waals surface area contributed by atoms with E-state index in [0.29, 0.717) is 17.9 Å². The molecule has 6 heteroatoms. The summed E-state index contributed by atoms with van der Waals surface area (Å²) in [5.74, 6) is 2.88. The summed E-state index contributed by atoms with van der Waals surface area (Å²) in [5.41, 5.74) is 2.30. The van der Waals surface area contributed by atoms with Gasteiger partial charge < -0.3 is 15.7 Å². The Morgan fingerprint density at radius 2 is 1.87 bits per heavy atom. The normalized spacial score (nSPS) is 24.1. The lowest BCUT2D eigenvalue weighted by molar-refractivity contribution is 0.122. The first-order valence-corrected chi connectivity index (χ1v) is 11.9. The number of rotatable bonds is 7. The Hall–Kier alpha value is -1.79. The standard InChI is InChI=1S/C24H37N5O/c1-3-4-16(2)13-22-26-15-21-23(29-22)20(17-5-7-19(30)8-6-17)14-27-24(21)28-18-9-11-25-12-10-18/h14-19,25,30H,3-13H2,1-2H3,(H,27,28). The molecule has 1 unspecified atom stereocenters. The van der Waals surface area contributed by atoms with Crippen LogP contribution in [-0.2, 0) is 6.42 Å². The van der Waals surface area contributed by atoms with Crippen molar-refractivity contribution in [2.45, 2.75) is 89.7 Å². The highest BCUT2D eigenvalue weighted by Crippen LogP contribution is 2.37. The number of piperidine rings is 1. The Kier molecular flexibility index (Phi) is 7.16. The van der Waals surface area contributed by atoms with Gasteiger partial charge >= 0.3 is 0 Å². The molecule has 3 heterocycles. The lowest BCUT2D eigenvalue weighted by Crippen LogP contribution is -2.35. The number of fused-ring (bicyclic) bond motifs is 1. The van der Waals surface area contributed by atoms with Crippen molar-refractivity contribution < 1.29 is 5.11 Å². The van der Waals surface area contributed by atoms with Crippen LogP contribution in [-0.4, -0.2) is 45.3 Å². The first-order chi connectivity index (χ1) is 14.6. The topological polar surface area (TPSA) is 83.0 Å². The number of nitrogens with zero attached hydrogens (tertiary/aromatic N) is 3. The van der Waals surface area contributed by atoms with E-state index in [2.05, 4.69) is 24.5 Å². The maximum Gasteiger partial charge on any atom is 0.137 e. The van der Waals surface area contributed by atoms with E-state index in [-0.39, 0.29) is 6.10 Å². The number of anilines is 1. The Balaban J connectivity index is 1.67. The van der Waals surface area contributed by atoms with Crippen molar-refractivity contribution in [1.29, 1.82) is 0 Å². The summed E-state index contributed by atoms with van der Waals surface area (Å²) in [5, 5.41) is 18.1. The predicted octanol–water partition coefficient (Wildman–Crippen LogP) is 4.19. The minimum absolute atomic E-state index is 0.151. The summed E-state index contributed by atoms with van der Waals surface area (Å²) in [4.78, 5) is 14.7. The number of aliphatic hydroxyl groups excluding tert-OH is 1. The summed E-state index contributed by atoms with van der Waals surface area (Å²) < 4.78 is 0. The van der Waals surface area contributed by atoms with Gasteiger partial charge in [-0.3, -0.25) is 0 Å². The van der Waals surface area contributed by atoms with Gasteiger partial charge in [-0.15, -0.1) is 0 Å². The van der Waals surface area contributed by atoms with E-state index in [1.165, 1.54) is 18.4 Å². The quantitative estimate of drug-likeness (QED) is 0.634. The monoisotopic (exact) mass is 411 g/mol. The molecule has 1 aliphatic carbocycles. The number of nitrogens with one attached hydrogen (secondary N) is 2. The van der Waals surface area contributed by atoms with E-state index >= 15 is 0 Å². The highest BCUT2D eigenvalue weighted by atomic mass is 16.3. The van der Waals surface area contributed by atoms with Gasteiger partial charge in [0, 0.05) is 30.4 Å². The Bertz CT molecular complexity index is 828. The van der Waals surface area contributed by atoms with Crippen molar-refractivity contribution >= 4 is 16.7 Å². The van der Waals surface area contributed by atoms with Gasteiger partial charge in [-0.25, -0.2) is 15.0 Å². The van der Waals surface area contributed by atoms with E-state index < -0.39 is 0 Å². The van der Waals surface area contributed by atoms with Gasteiger partial charge in [-0.1, -0.05) is 26.7 Å². The highest BCUT2D eigenvalue weighted by Gasteiger charge is 2.25. The van der Waals surface area contributed by atoms with Crippen LogP contribution in [0, 0.1) is 5.92 Å². The summed E-state index contributed by atoms with van der Waals surface area (Å²) in [7, 11) is 0. The van der Waals surface area contributed by atoms with Crippen molar-refractivity contribution in [2.24, 2.45) is 5.92 Å². The molecule has 0 amide bonds. The molecule has 1 saturated carbocycles. The van der Waals surface area contributed by atoms with Crippen LogP contribution in [0.15, 0.2) is 12.4 Å². The molecular formula is C24H37N5O. The lowest BCUT2D eigenvalue weighted by atomic mass is 9.82. The number of pyridine rings is 1. The molecule has 0 spiro atoms. The molecule has 3 N–H and O–H groups in total. The van der Waals surface area contributed by atoms with Gasteiger partial charge in [0.05, 0.1) is 17.0 Å². The maximum atomic E-state index is 9.95. The Labute approximate surface area is 180 Å². The molecule has 2 aromatic heterocycles. The SMILES string of the molecule is CCCC(C)Cc1ncc2c(NC3CCNCC3)ncc(C3CCC(O)CC3)c2n1. The van der Waals surface area contributed by atoms with Gasteiger partial charge in [-0.05, 0) is 63.5 Å². The van der Waals surface area contributed by atoms with Crippen LogP contribution in [0.2, 0.25) is 0 Å². The van der Waals surface area contributed by atoms with E-state index in [0.717, 1.165) is 80.6 Å². The molecule has 6 nitrogen and oxygen atoms in total. The molecule has 0 bridgehead atoms. The number of hydrogen-bond acceptors (Lipinski definition) is 6. The fourth-order valence-electron chi connectivity index (χ4n) is 5.04. The summed E-state index contributed by atoms with van der Waals surface area (Å²) in [6, 6.07) is 0.446. The van der Waals surface area contributed by atoms with Crippen LogP contribution in [0.4, 0.5) is 5.82 Å².